The van der Waals surface area contributed by atoms with E-state index in [1.54, 1.807) is 0 Å². The van der Waals surface area contributed by atoms with Crippen molar-refractivity contribution in [3.63, 3.8) is 0 Å². The second-order valence-corrected chi connectivity index (χ2v) is 5.30. The smallest absolute Gasteiger partial charge is 0.254 e. The predicted octanol–water partition coefficient (Wildman–Crippen LogP) is 2.64. The molecule has 0 bridgehead atoms. The summed E-state index contributed by atoms with van der Waals surface area (Å²) >= 11 is 0. The number of hydrogen-bond donors (Lipinski definition) is 2. The summed E-state index contributed by atoms with van der Waals surface area (Å²) in [6.45, 7) is 0.0975. The van der Waals surface area contributed by atoms with Gasteiger partial charge in [-0.1, -0.05) is 19.3 Å². The molecule has 1 amide bonds. The van der Waals surface area contributed by atoms with Crippen LogP contribution in [0, 0.1) is 17.6 Å². The Morgan fingerprint density at radius 2 is 2.00 bits per heavy atom. The van der Waals surface area contributed by atoms with Crippen LogP contribution in [0.1, 0.15) is 42.5 Å². The van der Waals surface area contributed by atoms with Crippen molar-refractivity contribution in [1.82, 2.24) is 5.32 Å². The maximum atomic E-state index is 13.4. The van der Waals surface area contributed by atoms with E-state index in [0.717, 1.165) is 37.8 Å². The third-order valence-electron chi connectivity index (χ3n) is 3.84. The van der Waals surface area contributed by atoms with E-state index in [9.17, 15) is 18.7 Å². The van der Waals surface area contributed by atoms with Crippen LogP contribution in [0.25, 0.3) is 0 Å². The fourth-order valence-electron chi connectivity index (χ4n) is 2.65. The number of amides is 1. The second-order valence-electron chi connectivity index (χ2n) is 5.30. The van der Waals surface area contributed by atoms with Gasteiger partial charge in [-0.05, 0) is 30.9 Å². The normalized spacial score (nSPS) is 17.8. The number of nitrogens with one attached hydrogen (secondary N) is 1. The molecule has 0 aliphatic heterocycles. The Labute approximate surface area is 117 Å². The Morgan fingerprint density at radius 1 is 1.30 bits per heavy atom. The highest BCUT2D eigenvalue weighted by Crippen LogP contribution is 2.26. The fourth-order valence-corrected chi connectivity index (χ4v) is 2.65. The molecule has 5 heteroatoms. The van der Waals surface area contributed by atoms with E-state index in [4.69, 9.17) is 0 Å². The van der Waals surface area contributed by atoms with E-state index in [0.29, 0.717) is 6.07 Å². The topological polar surface area (TPSA) is 49.3 Å². The molecular formula is C15H19F2NO2. The maximum absolute atomic E-state index is 13.4. The largest absolute Gasteiger partial charge is 0.391 e. The Morgan fingerprint density at radius 3 is 2.65 bits per heavy atom. The van der Waals surface area contributed by atoms with Gasteiger partial charge in [0.05, 0.1) is 11.7 Å². The van der Waals surface area contributed by atoms with Gasteiger partial charge in [-0.3, -0.25) is 4.79 Å². The molecule has 2 N–H and O–H groups in total. The fraction of sp³-hybridized carbons (Fsp3) is 0.533. The average Bonchev–Trinajstić information content (AvgIpc) is 2.45. The summed E-state index contributed by atoms with van der Waals surface area (Å²) in [6.07, 6.45) is 4.70. The maximum Gasteiger partial charge on any atom is 0.254 e. The summed E-state index contributed by atoms with van der Waals surface area (Å²) in [4.78, 5) is 11.8. The Hall–Kier alpha value is -1.49. The van der Waals surface area contributed by atoms with E-state index in [1.165, 1.54) is 6.42 Å². The number of aliphatic hydroxyl groups is 1. The monoisotopic (exact) mass is 283 g/mol. The average molecular weight is 283 g/mol. The molecule has 0 spiro atoms. The summed E-state index contributed by atoms with van der Waals surface area (Å²) in [5, 5.41) is 12.5. The highest BCUT2D eigenvalue weighted by Gasteiger charge is 2.22. The van der Waals surface area contributed by atoms with Gasteiger partial charge in [0, 0.05) is 12.6 Å². The van der Waals surface area contributed by atoms with Crippen molar-refractivity contribution < 1.29 is 18.7 Å². The van der Waals surface area contributed by atoms with Crippen LogP contribution >= 0.6 is 0 Å². The van der Waals surface area contributed by atoms with Crippen molar-refractivity contribution in [2.24, 2.45) is 5.92 Å². The number of carbonyl (C=O) groups excluding carboxylic acids is 1. The van der Waals surface area contributed by atoms with E-state index in [2.05, 4.69) is 5.32 Å². The van der Waals surface area contributed by atoms with Crippen molar-refractivity contribution in [2.75, 3.05) is 6.54 Å². The molecular weight excluding hydrogens is 264 g/mol. The van der Waals surface area contributed by atoms with E-state index < -0.39 is 23.6 Å². The number of halogens is 2. The lowest BCUT2D eigenvalue weighted by atomic mass is 9.85. The minimum absolute atomic E-state index is 0.0975. The Bertz CT molecular complexity index is 473. The van der Waals surface area contributed by atoms with E-state index in [-0.39, 0.29) is 18.0 Å². The number of rotatable bonds is 4. The quantitative estimate of drug-likeness (QED) is 0.892. The van der Waals surface area contributed by atoms with Crippen molar-refractivity contribution in [3.05, 3.63) is 35.4 Å². The van der Waals surface area contributed by atoms with Gasteiger partial charge in [0.15, 0.2) is 0 Å². The van der Waals surface area contributed by atoms with Gasteiger partial charge in [-0.2, -0.15) is 0 Å². The zero-order valence-corrected chi connectivity index (χ0v) is 11.2. The molecule has 1 aromatic carbocycles. The van der Waals surface area contributed by atoms with Gasteiger partial charge in [-0.25, -0.2) is 8.78 Å². The number of benzene rings is 1. The third-order valence-corrected chi connectivity index (χ3v) is 3.84. The molecule has 0 saturated heterocycles. The first-order chi connectivity index (χ1) is 9.58. The first-order valence-corrected chi connectivity index (χ1v) is 6.99. The van der Waals surface area contributed by atoms with Crippen LogP contribution in [0.3, 0.4) is 0 Å². The first kappa shape index (κ1) is 14.9. The SMILES string of the molecule is O=C(NCC(O)C1CCCCC1)c1ccc(F)cc1F. The molecule has 0 heterocycles. The van der Waals surface area contributed by atoms with Gasteiger partial charge in [-0.15, -0.1) is 0 Å². The molecule has 1 atom stereocenters. The van der Waals surface area contributed by atoms with Gasteiger partial charge in [0.1, 0.15) is 11.6 Å². The van der Waals surface area contributed by atoms with Crippen LogP contribution in [0.2, 0.25) is 0 Å². The van der Waals surface area contributed by atoms with Crippen LogP contribution in [0.4, 0.5) is 8.78 Å². The molecule has 0 aromatic heterocycles. The van der Waals surface area contributed by atoms with Gasteiger partial charge in [0.25, 0.3) is 5.91 Å². The minimum atomic E-state index is -0.894. The molecule has 1 unspecified atom stereocenters. The molecule has 1 aliphatic rings. The molecule has 3 nitrogen and oxygen atoms in total. The molecule has 1 saturated carbocycles. The summed E-state index contributed by atoms with van der Waals surface area (Å²) in [7, 11) is 0. The summed E-state index contributed by atoms with van der Waals surface area (Å²) in [5.41, 5.74) is -0.206. The molecule has 1 aromatic rings. The third kappa shape index (κ3) is 3.76. The van der Waals surface area contributed by atoms with Crippen molar-refractivity contribution in [1.29, 1.82) is 0 Å². The molecule has 1 aliphatic carbocycles. The van der Waals surface area contributed by atoms with E-state index >= 15 is 0 Å². The minimum Gasteiger partial charge on any atom is -0.391 e. The standard InChI is InChI=1S/C15H19F2NO2/c16-11-6-7-12(13(17)8-11)15(20)18-9-14(19)10-4-2-1-3-5-10/h6-8,10,14,19H,1-5,9H2,(H,18,20). The molecule has 1 fully saturated rings. The molecule has 0 radical (unpaired) electrons. The van der Waals surface area contributed by atoms with Crippen molar-refractivity contribution in [3.8, 4) is 0 Å². The highest BCUT2D eigenvalue weighted by molar-refractivity contribution is 5.94. The summed E-state index contributed by atoms with van der Waals surface area (Å²) in [5.74, 6) is -2.05. The van der Waals surface area contributed by atoms with Gasteiger partial charge < -0.3 is 10.4 Å². The second kappa shape index (κ2) is 6.79. The van der Waals surface area contributed by atoms with Crippen LogP contribution in [-0.4, -0.2) is 23.7 Å². The van der Waals surface area contributed by atoms with Crippen LogP contribution < -0.4 is 5.32 Å². The molecule has 110 valence electrons. The first-order valence-electron chi connectivity index (χ1n) is 6.99. The van der Waals surface area contributed by atoms with Crippen LogP contribution in [-0.2, 0) is 0 Å². The Kier molecular flexibility index (Phi) is 5.06. The highest BCUT2D eigenvalue weighted by atomic mass is 19.1. The molecule has 20 heavy (non-hydrogen) atoms. The van der Waals surface area contributed by atoms with Gasteiger partial charge in [0.2, 0.25) is 0 Å². The Balaban J connectivity index is 1.88. The number of hydrogen-bond acceptors (Lipinski definition) is 2. The van der Waals surface area contributed by atoms with Crippen LogP contribution in [0.15, 0.2) is 18.2 Å². The number of aliphatic hydroxyl groups excluding tert-OH is 1. The lowest BCUT2D eigenvalue weighted by molar-refractivity contribution is 0.0736. The van der Waals surface area contributed by atoms with Crippen molar-refractivity contribution >= 4 is 5.91 Å². The zero-order chi connectivity index (χ0) is 14.5. The lowest BCUT2D eigenvalue weighted by Crippen LogP contribution is -2.37. The molecule has 2 rings (SSSR count). The van der Waals surface area contributed by atoms with Gasteiger partial charge >= 0.3 is 0 Å². The summed E-state index contributed by atoms with van der Waals surface area (Å²) in [6, 6.07) is 2.81. The zero-order valence-electron chi connectivity index (χ0n) is 11.2. The lowest BCUT2D eigenvalue weighted by Gasteiger charge is -2.26. The van der Waals surface area contributed by atoms with E-state index in [1.807, 2.05) is 0 Å². The number of carbonyl (C=O) groups is 1. The van der Waals surface area contributed by atoms with Crippen molar-refractivity contribution in [2.45, 2.75) is 38.2 Å². The summed E-state index contributed by atoms with van der Waals surface area (Å²) < 4.78 is 26.2. The predicted molar refractivity (Wildman–Crippen MR) is 71.3 cm³/mol. The van der Waals surface area contributed by atoms with Crippen LogP contribution in [0.5, 0.6) is 0 Å².